The van der Waals surface area contributed by atoms with Crippen LogP contribution in [0.2, 0.25) is 0 Å². The molecule has 0 unspecified atom stereocenters. The van der Waals surface area contributed by atoms with Crippen LogP contribution < -0.4 is 5.73 Å². The van der Waals surface area contributed by atoms with E-state index in [4.69, 9.17) is 5.73 Å². The third-order valence-electron chi connectivity index (χ3n) is 2.35. The predicted octanol–water partition coefficient (Wildman–Crippen LogP) is 2.12. The molecule has 0 amide bonds. The largest absolute Gasteiger partial charge is 0.397 e. The molecule has 2 rings (SSSR count). The number of nitrogens with two attached hydrogens (primary N) is 1. The molecular formula is C12H12N2O. The number of Topliss-reactive ketones (excluding diaryl/α,β-unsaturated/α-hetero) is 1. The molecule has 76 valence electrons. The van der Waals surface area contributed by atoms with Crippen molar-refractivity contribution in [2.24, 2.45) is 0 Å². The molecule has 0 atom stereocenters. The Kier molecular flexibility index (Phi) is 2.63. The number of carbonyl (C=O) groups excluding carboxylic acids is 1. The van der Waals surface area contributed by atoms with E-state index in [1.807, 2.05) is 18.2 Å². The summed E-state index contributed by atoms with van der Waals surface area (Å²) < 4.78 is 0. The van der Waals surface area contributed by atoms with Crippen LogP contribution in [0, 0.1) is 0 Å². The Morgan fingerprint density at radius 1 is 1.40 bits per heavy atom. The van der Waals surface area contributed by atoms with Gasteiger partial charge in [-0.2, -0.15) is 0 Å². The van der Waals surface area contributed by atoms with E-state index >= 15 is 0 Å². The number of pyridine rings is 1. The highest BCUT2D eigenvalue weighted by atomic mass is 16.1. The molecule has 0 radical (unpaired) electrons. The fourth-order valence-corrected chi connectivity index (χ4v) is 1.55. The second-order valence-electron chi connectivity index (χ2n) is 3.43. The van der Waals surface area contributed by atoms with Gasteiger partial charge >= 0.3 is 0 Å². The van der Waals surface area contributed by atoms with Crippen LogP contribution in [0.15, 0.2) is 42.3 Å². The van der Waals surface area contributed by atoms with Crippen LogP contribution in [0.1, 0.15) is 23.2 Å². The Morgan fingerprint density at radius 3 is 2.93 bits per heavy atom. The lowest BCUT2D eigenvalue weighted by molar-refractivity contribution is 0.103. The summed E-state index contributed by atoms with van der Waals surface area (Å²) in [6.45, 7) is 0. The van der Waals surface area contributed by atoms with Crippen LogP contribution in [0.5, 0.6) is 0 Å². The zero-order valence-electron chi connectivity index (χ0n) is 8.31. The standard InChI is InChI=1S/C12H12N2O/c13-11-8-14-7-6-10(11)12(15)9-4-2-1-3-5-9/h2,4-8H,1,3,13H2. The highest BCUT2D eigenvalue weighted by Gasteiger charge is 2.13. The number of ketones is 1. The molecule has 1 heterocycles. The van der Waals surface area contributed by atoms with Crippen molar-refractivity contribution in [1.29, 1.82) is 0 Å². The van der Waals surface area contributed by atoms with E-state index in [1.165, 1.54) is 6.20 Å². The number of hydrogen-bond acceptors (Lipinski definition) is 3. The number of anilines is 1. The van der Waals surface area contributed by atoms with E-state index < -0.39 is 0 Å². The molecule has 1 aliphatic rings. The fourth-order valence-electron chi connectivity index (χ4n) is 1.55. The van der Waals surface area contributed by atoms with E-state index in [2.05, 4.69) is 4.98 Å². The Balaban J connectivity index is 2.32. The molecule has 0 aromatic carbocycles. The van der Waals surface area contributed by atoms with Crippen molar-refractivity contribution >= 4 is 11.5 Å². The highest BCUT2D eigenvalue weighted by Crippen LogP contribution is 2.18. The molecule has 1 aliphatic carbocycles. The average Bonchev–Trinajstić information content (AvgIpc) is 2.30. The van der Waals surface area contributed by atoms with Crippen molar-refractivity contribution in [1.82, 2.24) is 4.98 Å². The third kappa shape index (κ3) is 1.96. The first kappa shape index (κ1) is 9.65. The zero-order valence-corrected chi connectivity index (χ0v) is 8.31. The van der Waals surface area contributed by atoms with Crippen LogP contribution >= 0.6 is 0 Å². The van der Waals surface area contributed by atoms with Crippen LogP contribution in [0.3, 0.4) is 0 Å². The lowest BCUT2D eigenvalue weighted by Gasteiger charge is -2.07. The molecule has 2 N–H and O–H groups in total. The Labute approximate surface area is 88.3 Å². The second-order valence-corrected chi connectivity index (χ2v) is 3.43. The fraction of sp³-hybridized carbons (Fsp3) is 0.167. The van der Waals surface area contributed by atoms with Gasteiger partial charge in [-0.1, -0.05) is 18.2 Å². The Bertz CT molecular complexity index is 447. The van der Waals surface area contributed by atoms with Crippen molar-refractivity contribution in [3.8, 4) is 0 Å². The van der Waals surface area contributed by atoms with E-state index in [9.17, 15) is 4.79 Å². The number of rotatable bonds is 2. The van der Waals surface area contributed by atoms with Gasteiger partial charge in [0.05, 0.1) is 11.9 Å². The Hall–Kier alpha value is -1.90. The number of carbonyl (C=O) groups is 1. The lowest BCUT2D eigenvalue weighted by atomic mass is 9.98. The van der Waals surface area contributed by atoms with Gasteiger partial charge in [-0.3, -0.25) is 9.78 Å². The van der Waals surface area contributed by atoms with E-state index in [0.717, 1.165) is 18.4 Å². The normalized spacial score (nSPS) is 14.8. The molecule has 3 heteroatoms. The minimum atomic E-state index is -0.0224. The van der Waals surface area contributed by atoms with Crippen LogP contribution in [0.4, 0.5) is 5.69 Å². The van der Waals surface area contributed by atoms with E-state index in [0.29, 0.717) is 11.3 Å². The molecule has 15 heavy (non-hydrogen) atoms. The number of allylic oxidation sites excluding steroid dienone is 4. The average molecular weight is 200 g/mol. The molecular weight excluding hydrogens is 188 g/mol. The first-order valence-electron chi connectivity index (χ1n) is 4.90. The van der Waals surface area contributed by atoms with Crippen molar-refractivity contribution in [3.05, 3.63) is 47.8 Å². The molecule has 1 aromatic heterocycles. The van der Waals surface area contributed by atoms with Gasteiger partial charge in [-0.25, -0.2) is 0 Å². The third-order valence-corrected chi connectivity index (χ3v) is 2.35. The molecule has 0 spiro atoms. The second kappa shape index (κ2) is 4.09. The monoisotopic (exact) mass is 200 g/mol. The van der Waals surface area contributed by atoms with Gasteiger partial charge in [0.15, 0.2) is 5.78 Å². The summed E-state index contributed by atoms with van der Waals surface area (Å²) >= 11 is 0. The SMILES string of the molecule is Nc1cnccc1C(=O)C1=CCCC=C1. The molecule has 0 bridgehead atoms. The van der Waals surface area contributed by atoms with Gasteiger partial charge in [-0.15, -0.1) is 0 Å². The van der Waals surface area contributed by atoms with Crippen molar-refractivity contribution in [3.63, 3.8) is 0 Å². The molecule has 3 nitrogen and oxygen atoms in total. The Morgan fingerprint density at radius 2 is 2.27 bits per heavy atom. The number of aromatic nitrogens is 1. The van der Waals surface area contributed by atoms with Crippen LogP contribution in [0.25, 0.3) is 0 Å². The number of nitrogens with zero attached hydrogens (tertiary/aromatic N) is 1. The predicted molar refractivity (Wildman–Crippen MR) is 59.4 cm³/mol. The van der Waals surface area contributed by atoms with Crippen molar-refractivity contribution in [2.75, 3.05) is 5.73 Å². The topological polar surface area (TPSA) is 56.0 Å². The van der Waals surface area contributed by atoms with Gasteiger partial charge in [-0.05, 0) is 18.9 Å². The van der Waals surface area contributed by atoms with Crippen LogP contribution in [-0.4, -0.2) is 10.8 Å². The zero-order chi connectivity index (χ0) is 10.7. The molecule has 0 saturated carbocycles. The summed E-state index contributed by atoms with van der Waals surface area (Å²) in [5, 5.41) is 0. The molecule has 0 saturated heterocycles. The first-order chi connectivity index (χ1) is 7.29. The smallest absolute Gasteiger partial charge is 0.194 e. The van der Waals surface area contributed by atoms with Gasteiger partial charge in [0, 0.05) is 17.3 Å². The van der Waals surface area contributed by atoms with E-state index in [-0.39, 0.29) is 5.78 Å². The van der Waals surface area contributed by atoms with E-state index in [1.54, 1.807) is 12.3 Å². The minimum Gasteiger partial charge on any atom is -0.397 e. The lowest BCUT2D eigenvalue weighted by Crippen LogP contribution is -2.07. The molecule has 0 aliphatic heterocycles. The van der Waals surface area contributed by atoms with Crippen molar-refractivity contribution < 1.29 is 4.79 Å². The molecule has 1 aromatic rings. The van der Waals surface area contributed by atoms with Gasteiger partial charge in [0.2, 0.25) is 0 Å². The van der Waals surface area contributed by atoms with Crippen molar-refractivity contribution in [2.45, 2.75) is 12.8 Å². The maximum Gasteiger partial charge on any atom is 0.194 e. The number of nitrogen functional groups attached to an aromatic ring is 1. The maximum atomic E-state index is 12.0. The maximum absolute atomic E-state index is 12.0. The highest BCUT2D eigenvalue weighted by molar-refractivity contribution is 6.13. The summed E-state index contributed by atoms with van der Waals surface area (Å²) in [5.41, 5.74) is 7.38. The summed E-state index contributed by atoms with van der Waals surface area (Å²) in [7, 11) is 0. The van der Waals surface area contributed by atoms with Crippen LogP contribution in [-0.2, 0) is 0 Å². The first-order valence-corrected chi connectivity index (χ1v) is 4.90. The van der Waals surface area contributed by atoms with Gasteiger partial charge in [0.25, 0.3) is 0 Å². The summed E-state index contributed by atoms with van der Waals surface area (Å²) in [6.07, 6.45) is 10.8. The minimum absolute atomic E-state index is 0.0224. The molecule has 0 fully saturated rings. The number of hydrogen-bond donors (Lipinski definition) is 1. The quantitative estimate of drug-likeness (QED) is 0.744. The van der Waals surface area contributed by atoms with Gasteiger partial charge < -0.3 is 5.73 Å². The summed E-state index contributed by atoms with van der Waals surface area (Å²) in [6, 6.07) is 1.65. The summed E-state index contributed by atoms with van der Waals surface area (Å²) in [4.78, 5) is 15.9. The summed E-state index contributed by atoms with van der Waals surface area (Å²) in [5.74, 6) is -0.0224. The van der Waals surface area contributed by atoms with Gasteiger partial charge in [0.1, 0.15) is 0 Å².